The molecule has 9 nitrogen and oxygen atoms in total. The van der Waals surface area contributed by atoms with Crippen LogP contribution >= 0.6 is 0 Å². The molecule has 0 saturated heterocycles. The number of hydrogen-bond donors (Lipinski definition) is 0. The van der Waals surface area contributed by atoms with Gasteiger partial charge in [0.05, 0.1) is 40.3 Å². The molecule has 0 aromatic carbocycles. The van der Waals surface area contributed by atoms with Crippen molar-refractivity contribution < 1.29 is 42.9 Å². The lowest BCUT2D eigenvalue weighted by Crippen LogP contribution is -2.44. The van der Waals surface area contributed by atoms with Crippen LogP contribution in [0, 0.1) is 0 Å². The molecule has 0 aromatic rings. The van der Waals surface area contributed by atoms with Gasteiger partial charge in [-0.1, -0.05) is 290 Å². The van der Waals surface area contributed by atoms with Crippen molar-refractivity contribution in [2.75, 3.05) is 47.5 Å². The number of carboxylic acid groups (broad SMARTS) is 1. The van der Waals surface area contributed by atoms with Crippen molar-refractivity contribution in [2.45, 2.75) is 309 Å². The van der Waals surface area contributed by atoms with Gasteiger partial charge in [0.1, 0.15) is 13.2 Å². The van der Waals surface area contributed by atoms with Crippen molar-refractivity contribution in [3.63, 3.8) is 0 Å². The van der Waals surface area contributed by atoms with Gasteiger partial charge in [0.25, 0.3) is 0 Å². The lowest BCUT2D eigenvalue weighted by Gasteiger charge is -2.26. The van der Waals surface area contributed by atoms with Crippen molar-refractivity contribution in [3.8, 4) is 0 Å². The van der Waals surface area contributed by atoms with Gasteiger partial charge in [-0.05, 0) is 103 Å². The van der Waals surface area contributed by atoms with Crippen molar-refractivity contribution in [3.05, 3.63) is 109 Å². The number of unbranched alkanes of at least 4 members (excludes halogenated alkanes) is 31. The minimum Gasteiger partial charge on any atom is -0.545 e. The molecule has 0 bridgehead atoms. The average Bonchev–Trinajstić information content (AvgIpc) is 3.49. The summed E-state index contributed by atoms with van der Waals surface area (Å²) >= 11 is 0. The zero-order valence-electron chi connectivity index (χ0n) is 55.7. The maximum absolute atomic E-state index is 12.9. The van der Waals surface area contributed by atoms with E-state index in [0.29, 0.717) is 17.4 Å². The second-order valence-electron chi connectivity index (χ2n) is 24.4. The van der Waals surface area contributed by atoms with E-state index in [1.165, 1.54) is 167 Å². The van der Waals surface area contributed by atoms with Crippen molar-refractivity contribution in [2.24, 2.45) is 0 Å². The molecule has 0 amide bonds. The van der Waals surface area contributed by atoms with Crippen molar-refractivity contribution in [1.82, 2.24) is 0 Å². The fraction of sp³-hybridized carbons (Fsp3) is 0.724. The number of carbonyl (C=O) groups excluding carboxylic acids is 3. The highest BCUT2D eigenvalue weighted by Gasteiger charge is 2.22. The average molecular weight is 1190 g/mol. The lowest BCUT2D eigenvalue weighted by atomic mass is 10.0. The molecular weight excluding hydrogens is 1050 g/mol. The second kappa shape index (κ2) is 65.9. The fourth-order valence-electron chi connectivity index (χ4n) is 9.67. The number of esters is 2. The molecule has 0 saturated carbocycles. The summed E-state index contributed by atoms with van der Waals surface area (Å²) in [4.78, 5) is 37.4. The van der Waals surface area contributed by atoms with E-state index in [2.05, 4.69) is 123 Å². The Hall–Kier alpha value is -4.05. The number of carbonyl (C=O) groups is 3. The minimum atomic E-state index is -1.63. The van der Waals surface area contributed by atoms with Crippen LogP contribution < -0.4 is 5.11 Å². The van der Waals surface area contributed by atoms with Crippen LogP contribution in [0.4, 0.5) is 0 Å². The van der Waals surface area contributed by atoms with Crippen molar-refractivity contribution >= 4 is 17.9 Å². The van der Waals surface area contributed by atoms with Crippen LogP contribution in [0.2, 0.25) is 0 Å². The van der Waals surface area contributed by atoms with Gasteiger partial charge < -0.3 is 33.3 Å². The largest absolute Gasteiger partial charge is 0.545 e. The van der Waals surface area contributed by atoms with Gasteiger partial charge in [0.15, 0.2) is 12.4 Å². The van der Waals surface area contributed by atoms with E-state index in [-0.39, 0.29) is 38.6 Å². The van der Waals surface area contributed by atoms with E-state index in [9.17, 15) is 19.5 Å². The molecule has 0 aliphatic carbocycles. The highest BCUT2D eigenvalue weighted by Crippen LogP contribution is 2.17. The van der Waals surface area contributed by atoms with Crippen molar-refractivity contribution in [1.29, 1.82) is 0 Å². The quantitative estimate of drug-likeness (QED) is 0.0195. The van der Waals surface area contributed by atoms with Crippen LogP contribution in [0.15, 0.2) is 109 Å². The van der Waals surface area contributed by atoms with E-state index in [4.69, 9.17) is 18.9 Å². The first kappa shape index (κ1) is 81.0. The normalized spacial score (nSPS) is 13.4. The third-order valence-electron chi connectivity index (χ3n) is 15.0. The molecule has 2 unspecified atom stereocenters. The molecule has 85 heavy (non-hydrogen) atoms. The zero-order chi connectivity index (χ0) is 61.9. The number of ether oxygens (including phenoxy) is 4. The van der Waals surface area contributed by atoms with Crippen LogP contribution in [0.5, 0.6) is 0 Å². The van der Waals surface area contributed by atoms with Gasteiger partial charge >= 0.3 is 11.9 Å². The Kier molecular flexibility index (Phi) is 62.8. The maximum Gasteiger partial charge on any atom is 0.306 e. The third-order valence-corrected chi connectivity index (χ3v) is 15.0. The molecule has 2 atom stereocenters. The van der Waals surface area contributed by atoms with Crippen LogP contribution in [0.1, 0.15) is 296 Å². The first-order valence-electron chi connectivity index (χ1n) is 35.0. The standard InChI is InChI=1S/C76H131NO8/c1-6-8-10-12-14-16-18-20-22-24-26-28-30-31-32-33-34-35-36-37-38-39-40-41-42-43-45-46-48-50-52-54-56-58-60-62-64-66-73(78)83-70-72(71-84-76(75(80)81)82-69-68-77(3,4)5)85-74(79)67-65-63-61-59-57-55-53-51-49-47-44-29-27-25-23-21-19-17-15-13-11-9-7-2/h9,11,15,17-18,20-21,23-24,26-27,29-31,47,49,53,55,72,76H,6-8,10,12-14,16,19,22,25,28,32-46,48,50-52,54,56-71H2,1-5H3/b11-9-,17-15-,20-18-,23-21-,26-24-,29-27-,31-30-,49-47-,55-53-. The monoisotopic (exact) mass is 1190 g/mol. The first-order valence-corrected chi connectivity index (χ1v) is 35.0. The molecule has 0 radical (unpaired) electrons. The van der Waals surface area contributed by atoms with Gasteiger partial charge in [0, 0.05) is 12.8 Å². The molecule has 0 aliphatic rings. The van der Waals surface area contributed by atoms with Gasteiger partial charge in [-0.3, -0.25) is 9.59 Å². The molecule has 0 fully saturated rings. The van der Waals surface area contributed by atoms with E-state index in [0.717, 1.165) is 96.3 Å². The number of rotatable bonds is 64. The Labute approximate surface area is 524 Å². The summed E-state index contributed by atoms with van der Waals surface area (Å²) in [6, 6.07) is 0. The molecule has 9 heteroatoms. The summed E-state index contributed by atoms with van der Waals surface area (Å²) in [5.41, 5.74) is 0. The Bertz CT molecular complexity index is 1760. The van der Waals surface area contributed by atoms with Crippen LogP contribution in [0.3, 0.4) is 0 Å². The smallest absolute Gasteiger partial charge is 0.306 e. The number of hydrogen-bond acceptors (Lipinski definition) is 8. The number of quaternary nitrogens is 1. The van der Waals surface area contributed by atoms with Gasteiger partial charge in [0.2, 0.25) is 0 Å². The fourth-order valence-corrected chi connectivity index (χ4v) is 9.67. The number of likely N-dealkylation sites (N-methyl/N-ethyl adjacent to an activating group) is 1. The third kappa shape index (κ3) is 67.3. The predicted molar refractivity (Wildman–Crippen MR) is 361 cm³/mol. The second-order valence-corrected chi connectivity index (χ2v) is 24.4. The van der Waals surface area contributed by atoms with Gasteiger partial charge in [-0.25, -0.2) is 0 Å². The number of allylic oxidation sites excluding steroid dienone is 18. The molecule has 0 spiro atoms. The number of aliphatic carboxylic acids is 1. The highest BCUT2D eigenvalue weighted by atomic mass is 16.7. The molecule has 0 aliphatic heterocycles. The molecule has 0 N–H and O–H groups in total. The molecule has 488 valence electrons. The molecular formula is C76H131NO8. The molecule has 0 rings (SSSR count). The highest BCUT2D eigenvalue weighted by molar-refractivity contribution is 5.70. The maximum atomic E-state index is 12.9. The first-order chi connectivity index (χ1) is 41.6. The SMILES string of the molecule is CC/C=C\C/C=C\C/C=C\C/C=C\C/C=C\C/C=C\CCCCCCC(=O)OC(COC(=O)CCCCCCCCCCCCCCCCCCCCCCCC/C=C\C/C=C\C/C=C\CCCCCCC)COC(OCC[N+](C)(C)C)C(=O)[O-]. The minimum absolute atomic E-state index is 0.138. The van der Waals surface area contributed by atoms with E-state index < -0.39 is 24.3 Å². The Morgan fingerprint density at radius 2 is 0.671 bits per heavy atom. The summed E-state index contributed by atoms with van der Waals surface area (Å²) in [6.07, 6.45) is 88.9. The van der Waals surface area contributed by atoms with E-state index >= 15 is 0 Å². The lowest BCUT2D eigenvalue weighted by molar-refractivity contribution is -0.870. The number of nitrogens with zero attached hydrogens (tertiary/aromatic N) is 1. The molecule has 0 aromatic heterocycles. The zero-order valence-corrected chi connectivity index (χ0v) is 55.7. The Balaban J connectivity index is 4.08. The summed E-state index contributed by atoms with van der Waals surface area (Å²) in [6.45, 7) is 4.61. The molecule has 0 heterocycles. The van der Waals surface area contributed by atoms with Gasteiger partial charge in [-0.2, -0.15) is 0 Å². The van der Waals surface area contributed by atoms with Crippen LogP contribution in [-0.2, 0) is 33.3 Å². The summed E-state index contributed by atoms with van der Waals surface area (Å²) in [5, 5.41) is 11.8. The van der Waals surface area contributed by atoms with Crippen LogP contribution in [-0.4, -0.2) is 82.3 Å². The van der Waals surface area contributed by atoms with Gasteiger partial charge in [-0.15, -0.1) is 0 Å². The predicted octanol–water partition coefficient (Wildman–Crippen LogP) is 20.5. The van der Waals surface area contributed by atoms with E-state index in [1.807, 2.05) is 21.1 Å². The summed E-state index contributed by atoms with van der Waals surface area (Å²) < 4.78 is 22.7. The summed E-state index contributed by atoms with van der Waals surface area (Å²) in [5.74, 6) is -2.31. The van der Waals surface area contributed by atoms with E-state index in [1.54, 1.807) is 0 Å². The summed E-state index contributed by atoms with van der Waals surface area (Å²) in [7, 11) is 5.92. The Morgan fingerprint density at radius 3 is 1.00 bits per heavy atom. The number of carboxylic acids is 1. The van der Waals surface area contributed by atoms with Crippen LogP contribution in [0.25, 0.3) is 0 Å². The topological polar surface area (TPSA) is 111 Å². The Morgan fingerprint density at radius 1 is 0.365 bits per heavy atom.